The Kier molecular flexibility index (Phi) is 2.33. The number of anilines is 1. The molecular weight excluding hydrogens is 230 g/mol. The van der Waals surface area contributed by atoms with Crippen LogP contribution in [0.3, 0.4) is 0 Å². The number of aryl methyl sites for hydroxylation is 1. The molecule has 2 heterocycles. The molecule has 5 heteroatoms. The van der Waals surface area contributed by atoms with E-state index >= 15 is 0 Å². The smallest absolute Gasteiger partial charge is 0.264 e. The van der Waals surface area contributed by atoms with Crippen LogP contribution < -0.4 is 9.64 Å². The summed E-state index contributed by atoms with van der Waals surface area (Å²) in [5, 5.41) is 7.12. The van der Waals surface area contributed by atoms with Crippen LogP contribution in [0, 0.1) is 6.92 Å². The molecule has 5 nitrogen and oxygen atoms in total. The van der Waals surface area contributed by atoms with Crippen LogP contribution in [0.5, 0.6) is 5.75 Å². The van der Waals surface area contributed by atoms with E-state index in [1.165, 1.54) is 0 Å². The lowest BCUT2D eigenvalue weighted by Crippen LogP contribution is -2.35. The lowest BCUT2D eigenvalue weighted by Gasteiger charge is -2.26. The number of hydrogen-bond donors (Lipinski definition) is 1. The third-order valence-electron chi connectivity index (χ3n) is 3.05. The minimum absolute atomic E-state index is 0.0436. The van der Waals surface area contributed by atoms with Gasteiger partial charge < -0.3 is 9.64 Å². The molecule has 3 rings (SSSR count). The number of likely N-dealkylation sites (N-methyl/N-ethyl adjacent to an activating group) is 1. The molecule has 0 saturated heterocycles. The number of fused-ring (bicyclic) bond motifs is 1. The van der Waals surface area contributed by atoms with Crippen molar-refractivity contribution >= 4 is 11.6 Å². The molecule has 1 aliphatic heterocycles. The molecule has 1 N–H and O–H groups in total. The molecule has 1 aliphatic rings. The number of nitrogens with zero attached hydrogens (tertiary/aromatic N) is 2. The summed E-state index contributed by atoms with van der Waals surface area (Å²) < 4.78 is 5.38. The van der Waals surface area contributed by atoms with Gasteiger partial charge >= 0.3 is 0 Å². The third kappa shape index (κ3) is 1.64. The molecule has 0 aliphatic carbocycles. The third-order valence-corrected chi connectivity index (χ3v) is 3.05. The van der Waals surface area contributed by atoms with Gasteiger partial charge in [0.25, 0.3) is 5.91 Å². The number of carbonyl (C=O) groups excluding carboxylic acids is 1. The summed E-state index contributed by atoms with van der Waals surface area (Å²) in [7, 11) is 1.75. The summed E-state index contributed by atoms with van der Waals surface area (Å²) in [5.41, 5.74) is 3.61. The lowest BCUT2D eigenvalue weighted by molar-refractivity contribution is -0.120. The quantitative estimate of drug-likeness (QED) is 0.830. The van der Waals surface area contributed by atoms with Crippen LogP contribution in [0.15, 0.2) is 24.3 Å². The largest absolute Gasteiger partial charge is 0.482 e. The fourth-order valence-corrected chi connectivity index (χ4v) is 2.00. The zero-order valence-corrected chi connectivity index (χ0v) is 10.2. The highest BCUT2D eigenvalue weighted by Gasteiger charge is 2.22. The Balaban J connectivity index is 2.07. The fraction of sp³-hybridized carbons (Fsp3) is 0.231. The van der Waals surface area contributed by atoms with Crippen molar-refractivity contribution in [1.29, 1.82) is 0 Å². The lowest BCUT2D eigenvalue weighted by atomic mass is 10.1. The average molecular weight is 243 g/mol. The van der Waals surface area contributed by atoms with Gasteiger partial charge in [-0.25, -0.2) is 0 Å². The van der Waals surface area contributed by atoms with Crippen molar-refractivity contribution in [2.45, 2.75) is 6.92 Å². The zero-order valence-electron chi connectivity index (χ0n) is 10.2. The molecule has 0 fully saturated rings. The highest BCUT2D eigenvalue weighted by Crippen LogP contribution is 2.34. The maximum absolute atomic E-state index is 11.6. The monoisotopic (exact) mass is 243 g/mol. The predicted octanol–water partition coefficient (Wildman–Crippen LogP) is 1.74. The summed E-state index contributed by atoms with van der Waals surface area (Å²) in [5.74, 6) is 0.686. The van der Waals surface area contributed by atoms with Crippen LogP contribution in [0.2, 0.25) is 0 Å². The number of H-pyrrole nitrogens is 1. The van der Waals surface area contributed by atoms with E-state index in [4.69, 9.17) is 4.74 Å². The van der Waals surface area contributed by atoms with Crippen LogP contribution in [0.1, 0.15) is 5.69 Å². The molecule has 1 aromatic carbocycles. The first-order chi connectivity index (χ1) is 8.65. The van der Waals surface area contributed by atoms with Crippen LogP contribution in [0.25, 0.3) is 11.3 Å². The molecule has 0 spiro atoms. The second-order valence-corrected chi connectivity index (χ2v) is 4.36. The number of aromatic nitrogens is 2. The molecule has 1 amide bonds. The van der Waals surface area contributed by atoms with Crippen molar-refractivity contribution in [2.24, 2.45) is 0 Å². The van der Waals surface area contributed by atoms with Crippen molar-refractivity contribution in [3.05, 3.63) is 30.0 Å². The Bertz CT molecular complexity index is 618. The van der Waals surface area contributed by atoms with E-state index in [2.05, 4.69) is 10.2 Å². The second kappa shape index (κ2) is 3.87. The molecule has 0 unspecified atom stereocenters. The first kappa shape index (κ1) is 10.8. The van der Waals surface area contributed by atoms with Gasteiger partial charge in [-0.2, -0.15) is 5.10 Å². The Morgan fingerprint density at radius 1 is 1.39 bits per heavy atom. The number of benzene rings is 1. The summed E-state index contributed by atoms with van der Waals surface area (Å²) >= 11 is 0. The normalized spacial score (nSPS) is 14.3. The van der Waals surface area contributed by atoms with E-state index in [-0.39, 0.29) is 12.5 Å². The van der Waals surface area contributed by atoms with Crippen molar-refractivity contribution in [1.82, 2.24) is 10.2 Å². The summed E-state index contributed by atoms with van der Waals surface area (Å²) in [6.45, 7) is 2.05. The molecule has 92 valence electrons. The summed E-state index contributed by atoms with van der Waals surface area (Å²) in [4.78, 5) is 13.2. The topological polar surface area (TPSA) is 58.2 Å². The fourth-order valence-electron chi connectivity index (χ4n) is 2.00. The van der Waals surface area contributed by atoms with Gasteiger partial charge in [0.15, 0.2) is 6.61 Å². The molecule has 0 atom stereocenters. The molecule has 1 aromatic heterocycles. The second-order valence-electron chi connectivity index (χ2n) is 4.36. The minimum Gasteiger partial charge on any atom is -0.482 e. The number of ether oxygens (including phenoxy) is 1. The molecule has 2 aromatic rings. The molecule has 18 heavy (non-hydrogen) atoms. The first-order valence-electron chi connectivity index (χ1n) is 5.71. The van der Waals surface area contributed by atoms with E-state index in [1.54, 1.807) is 11.9 Å². The van der Waals surface area contributed by atoms with Crippen molar-refractivity contribution in [3.63, 3.8) is 0 Å². The first-order valence-corrected chi connectivity index (χ1v) is 5.71. The van der Waals surface area contributed by atoms with Crippen LogP contribution in [0.4, 0.5) is 5.69 Å². The molecule has 0 radical (unpaired) electrons. The molecular formula is C13H13N3O2. The van der Waals surface area contributed by atoms with Gasteiger partial charge in [0.2, 0.25) is 0 Å². The molecule has 0 saturated carbocycles. The van der Waals surface area contributed by atoms with E-state index in [0.29, 0.717) is 0 Å². The van der Waals surface area contributed by atoms with Gasteiger partial charge in [0.1, 0.15) is 5.75 Å². The average Bonchev–Trinajstić information content (AvgIpc) is 2.80. The number of hydrogen-bond acceptors (Lipinski definition) is 3. The van der Waals surface area contributed by atoms with Crippen LogP contribution in [-0.4, -0.2) is 29.8 Å². The highest BCUT2D eigenvalue weighted by molar-refractivity contribution is 5.98. The van der Waals surface area contributed by atoms with Gasteiger partial charge in [-0.15, -0.1) is 0 Å². The van der Waals surface area contributed by atoms with Crippen LogP contribution >= 0.6 is 0 Å². The minimum atomic E-state index is -0.0436. The van der Waals surface area contributed by atoms with Crippen molar-refractivity contribution in [3.8, 4) is 17.0 Å². The Morgan fingerprint density at radius 2 is 2.22 bits per heavy atom. The Morgan fingerprint density at radius 3 is 2.94 bits per heavy atom. The summed E-state index contributed by atoms with van der Waals surface area (Å²) in [6, 6.07) is 7.70. The van der Waals surface area contributed by atoms with Crippen molar-refractivity contribution < 1.29 is 9.53 Å². The van der Waals surface area contributed by atoms with Crippen molar-refractivity contribution in [2.75, 3.05) is 18.6 Å². The summed E-state index contributed by atoms with van der Waals surface area (Å²) in [6.07, 6.45) is 0. The zero-order chi connectivity index (χ0) is 12.7. The number of rotatable bonds is 1. The van der Waals surface area contributed by atoms with Gasteiger partial charge in [0, 0.05) is 18.3 Å². The van der Waals surface area contributed by atoms with Gasteiger partial charge in [0.05, 0.1) is 11.4 Å². The standard InChI is InChI=1S/C13H13N3O2/c1-8-5-10(15-14-8)9-3-4-12-11(6-9)16(2)13(17)7-18-12/h3-6H,7H2,1-2H3,(H,14,15). The van der Waals surface area contributed by atoms with Gasteiger partial charge in [-0.1, -0.05) is 0 Å². The number of nitrogens with one attached hydrogen (secondary N) is 1. The van der Waals surface area contributed by atoms with E-state index in [1.807, 2.05) is 31.2 Å². The number of carbonyl (C=O) groups is 1. The number of amides is 1. The Hall–Kier alpha value is -2.30. The van der Waals surface area contributed by atoms with E-state index in [0.717, 1.165) is 28.4 Å². The van der Waals surface area contributed by atoms with Gasteiger partial charge in [-0.05, 0) is 31.2 Å². The van der Waals surface area contributed by atoms with Gasteiger partial charge in [-0.3, -0.25) is 9.89 Å². The SMILES string of the molecule is Cc1cc(-c2ccc3c(c2)N(C)C(=O)CO3)n[nH]1. The predicted molar refractivity (Wildman–Crippen MR) is 67.7 cm³/mol. The van der Waals surface area contributed by atoms with Crippen LogP contribution in [-0.2, 0) is 4.79 Å². The van der Waals surface area contributed by atoms with E-state index < -0.39 is 0 Å². The Labute approximate surface area is 104 Å². The van der Waals surface area contributed by atoms with E-state index in [9.17, 15) is 4.79 Å². The number of aromatic amines is 1. The molecule has 0 bridgehead atoms. The maximum Gasteiger partial charge on any atom is 0.264 e. The highest BCUT2D eigenvalue weighted by atomic mass is 16.5. The maximum atomic E-state index is 11.6.